The van der Waals surface area contributed by atoms with Gasteiger partial charge in [-0.05, 0) is 77.8 Å². The van der Waals surface area contributed by atoms with Crippen LogP contribution in [0.3, 0.4) is 0 Å². The fourth-order valence-electron chi connectivity index (χ4n) is 5.41. The zero-order valence-corrected chi connectivity index (χ0v) is 24.2. The highest BCUT2D eigenvalue weighted by Gasteiger charge is 2.29. The molecule has 2 aliphatic heterocycles. The van der Waals surface area contributed by atoms with Crippen LogP contribution in [0.15, 0.2) is 48.5 Å². The van der Waals surface area contributed by atoms with Crippen molar-refractivity contribution in [1.29, 1.82) is 0 Å². The van der Waals surface area contributed by atoms with Gasteiger partial charge in [-0.25, -0.2) is 0 Å². The van der Waals surface area contributed by atoms with Gasteiger partial charge in [-0.2, -0.15) is 0 Å². The third-order valence-corrected chi connectivity index (χ3v) is 8.46. The predicted octanol–water partition coefficient (Wildman–Crippen LogP) is 7.22. The average Bonchev–Trinajstić information content (AvgIpc) is 3.78. The third-order valence-electron chi connectivity index (χ3n) is 8.46. The molecule has 3 aromatic rings. The van der Waals surface area contributed by atoms with Crippen molar-refractivity contribution >= 4 is 0 Å². The molecular weight excluding hydrogens is 472 g/mol. The Morgan fingerprint density at radius 3 is 1.55 bits per heavy atom. The molecule has 2 fully saturated rings. The normalized spacial score (nSPS) is 18.9. The van der Waals surface area contributed by atoms with Crippen LogP contribution in [-0.2, 0) is 31.6 Å². The molecule has 2 atom stereocenters. The predicted molar refractivity (Wildman–Crippen MR) is 152 cm³/mol. The Morgan fingerprint density at radius 1 is 0.684 bits per heavy atom. The van der Waals surface area contributed by atoms with E-state index in [2.05, 4.69) is 104 Å². The van der Waals surface area contributed by atoms with Crippen LogP contribution in [0, 0.1) is 27.7 Å². The van der Waals surface area contributed by atoms with Crippen molar-refractivity contribution in [2.45, 2.75) is 85.2 Å². The number of epoxide rings is 2. The van der Waals surface area contributed by atoms with Crippen LogP contribution in [0.1, 0.15) is 77.8 Å². The van der Waals surface area contributed by atoms with E-state index in [9.17, 15) is 0 Å². The van der Waals surface area contributed by atoms with E-state index in [0.717, 1.165) is 12.4 Å². The maximum atomic E-state index is 6.07. The van der Waals surface area contributed by atoms with Crippen LogP contribution in [0.2, 0.25) is 0 Å². The van der Waals surface area contributed by atoms with Gasteiger partial charge in [0, 0.05) is 10.8 Å². The van der Waals surface area contributed by atoms with Crippen LogP contribution in [0.4, 0.5) is 0 Å². The Labute approximate surface area is 228 Å². The maximum absolute atomic E-state index is 6.07. The molecule has 0 aromatic heterocycles. The van der Waals surface area contributed by atoms with Gasteiger partial charge >= 0.3 is 0 Å². The van der Waals surface area contributed by atoms with Gasteiger partial charge < -0.3 is 18.9 Å². The number of aryl methyl sites for hydroxylation is 4. The summed E-state index contributed by atoms with van der Waals surface area (Å²) in [6.45, 7) is 20.7. The molecule has 2 heterocycles. The lowest BCUT2D eigenvalue weighted by Gasteiger charge is -2.31. The quantitative estimate of drug-likeness (QED) is 0.268. The first-order valence-corrected chi connectivity index (χ1v) is 13.8. The first-order valence-electron chi connectivity index (χ1n) is 13.8. The minimum atomic E-state index is -0.129. The number of ether oxygens (including phenoxy) is 4. The lowest BCUT2D eigenvalue weighted by molar-refractivity contribution is 0.0381. The molecule has 38 heavy (non-hydrogen) atoms. The molecule has 2 unspecified atom stereocenters. The summed E-state index contributed by atoms with van der Waals surface area (Å²) in [6, 6.07) is 18.4. The summed E-state index contributed by atoms with van der Waals surface area (Å²) < 4.78 is 22.4. The van der Waals surface area contributed by atoms with Gasteiger partial charge in [-0.15, -0.1) is 0 Å². The fourth-order valence-corrected chi connectivity index (χ4v) is 5.41. The van der Waals surface area contributed by atoms with Gasteiger partial charge in [-0.3, -0.25) is 0 Å². The van der Waals surface area contributed by atoms with Crippen molar-refractivity contribution in [3.05, 3.63) is 98.6 Å². The van der Waals surface area contributed by atoms with Gasteiger partial charge in [0.05, 0.1) is 13.2 Å². The summed E-state index contributed by atoms with van der Waals surface area (Å²) in [4.78, 5) is 0. The lowest BCUT2D eigenvalue weighted by atomic mass is 9.73. The van der Waals surface area contributed by atoms with Crippen LogP contribution in [0.25, 0.3) is 0 Å². The van der Waals surface area contributed by atoms with Crippen LogP contribution in [-0.4, -0.2) is 32.2 Å². The molecule has 4 heteroatoms. The first-order chi connectivity index (χ1) is 18.0. The molecule has 2 aliphatic rings. The van der Waals surface area contributed by atoms with Crippen molar-refractivity contribution in [2.24, 2.45) is 0 Å². The van der Waals surface area contributed by atoms with E-state index in [0.29, 0.717) is 19.8 Å². The number of benzene rings is 3. The van der Waals surface area contributed by atoms with Gasteiger partial charge in [-0.1, -0.05) is 76.2 Å². The molecule has 4 nitrogen and oxygen atoms in total. The molecule has 0 aliphatic carbocycles. The van der Waals surface area contributed by atoms with E-state index in [4.69, 9.17) is 18.9 Å². The fraction of sp³-hybridized carbons (Fsp3) is 0.471. The largest absolute Gasteiger partial charge is 0.490 e. The maximum Gasteiger partial charge on any atom is 0.181 e. The Hall–Kier alpha value is -2.66. The molecule has 0 saturated carbocycles. The molecule has 3 aromatic carbocycles. The van der Waals surface area contributed by atoms with Gasteiger partial charge in [0.1, 0.15) is 25.1 Å². The molecule has 202 valence electrons. The average molecular weight is 515 g/mol. The van der Waals surface area contributed by atoms with E-state index in [1.54, 1.807) is 0 Å². The Morgan fingerprint density at radius 2 is 1.13 bits per heavy atom. The standard InChI is InChI=1S/C34H42O4/c1-21-13-27(14-22(2)30(21)19-36-31-20-37-31)33(5,6)25-9-11-26(12-10-25)34(7,8)28-15-23(3)32(24(4)16-28)38-18-29-17-35-29/h9-16,29,31H,17-20H2,1-8H3. The lowest BCUT2D eigenvalue weighted by Crippen LogP contribution is -2.22. The number of hydrogen-bond donors (Lipinski definition) is 0. The minimum Gasteiger partial charge on any atom is -0.490 e. The summed E-state index contributed by atoms with van der Waals surface area (Å²) in [5.74, 6) is 0.987. The van der Waals surface area contributed by atoms with E-state index in [-0.39, 0.29) is 23.2 Å². The molecular formula is C34H42O4. The summed E-state index contributed by atoms with van der Waals surface area (Å²) in [6.07, 6.45) is 0.240. The molecule has 0 radical (unpaired) electrons. The SMILES string of the molecule is Cc1cc(C(C)(C)c2ccc(C(C)(C)c3cc(C)c(OCC4CO4)c(C)c3)cc2)cc(C)c1COC1CO1. The summed E-state index contributed by atoms with van der Waals surface area (Å²) in [7, 11) is 0. The summed E-state index contributed by atoms with van der Waals surface area (Å²) >= 11 is 0. The molecule has 5 rings (SSSR count). The summed E-state index contributed by atoms with van der Waals surface area (Å²) in [5, 5.41) is 0. The number of hydrogen-bond acceptors (Lipinski definition) is 4. The van der Waals surface area contributed by atoms with E-state index < -0.39 is 0 Å². The second kappa shape index (κ2) is 10.1. The number of rotatable bonds is 10. The highest BCUT2D eigenvalue weighted by atomic mass is 16.8. The van der Waals surface area contributed by atoms with E-state index >= 15 is 0 Å². The molecule has 0 bridgehead atoms. The van der Waals surface area contributed by atoms with Gasteiger partial charge in [0.2, 0.25) is 0 Å². The molecule has 0 amide bonds. The van der Waals surface area contributed by atoms with Crippen molar-refractivity contribution in [3.8, 4) is 5.75 Å². The third kappa shape index (κ3) is 5.54. The van der Waals surface area contributed by atoms with Crippen molar-refractivity contribution in [1.82, 2.24) is 0 Å². The highest BCUT2D eigenvalue weighted by molar-refractivity contribution is 5.50. The first kappa shape index (κ1) is 26.9. The Kier molecular flexibility index (Phi) is 7.19. The monoisotopic (exact) mass is 514 g/mol. The summed E-state index contributed by atoms with van der Waals surface area (Å²) in [5.41, 5.74) is 11.2. The van der Waals surface area contributed by atoms with Crippen LogP contribution >= 0.6 is 0 Å². The zero-order chi connectivity index (χ0) is 27.2. The van der Waals surface area contributed by atoms with Gasteiger partial charge in [0.15, 0.2) is 6.29 Å². The van der Waals surface area contributed by atoms with Gasteiger partial charge in [0.25, 0.3) is 0 Å². The smallest absolute Gasteiger partial charge is 0.181 e. The topological polar surface area (TPSA) is 43.5 Å². The Balaban J connectivity index is 1.36. The highest BCUT2D eigenvalue weighted by Crippen LogP contribution is 2.39. The second-order valence-electron chi connectivity index (χ2n) is 12.2. The molecule has 0 N–H and O–H groups in total. The zero-order valence-electron chi connectivity index (χ0n) is 24.2. The van der Waals surface area contributed by atoms with E-state index in [1.165, 1.54) is 50.1 Å². The molecule has 0 spiro atoms. The minimum absolute atomic E-state index is 0.0193. The van der Waals surface area contributed by atoms with Crippen molar-refractivity contribution in [3.63, 3.8) is 0 Å². The van der Waals surface area contributed by atoms with Crippen molar-refractivity contribution in [2.75, 3.05) is 19.8 Å². The van der Waals surface area contributed by atoms with E-state index in [1.807, 2.05) is 0 Å². The van der Waals surface area contributed by atoms with Crippen molar-refractivity contribution < 1.29 is 18.9 Å². The van der Waals surface area contributed by atoms with Crippen LogP contribution in [0.5, 0.6) is 5.75 Å². The second-order valence-corrected chi connectivity index (χ2v) is 12.2. The van der Waals surface area contributed by atoms with Crippen LogP contribution < -0.4 is 4.74 Å². The Bertz CT molecular complexity index is 1160. The molecule has 2 saturated heterocycles.